The zero-order valence-corrected chi connectivity index (χ0v) is 21.4. The maximum absolute atomic E-state index is 11.6. The molecule has 0 atom stereocenters. The Morgan fingerprint density at radius 2 is 1.54 bits per heavy atom. The molecule has 0 heterocycles. The fraction of sp³-hybridized carbons (Fsp3) is 0.290. The van der Waals surface area contributed by atoms with Crippen molar-refractivity contribution in [2.45, 2.75) is 32.5 Å². The van der Waals surface area contributed by atoms with Gasteiger partial charge in [-0.3, -0.25) is 0 Å². The second kappa shape index (κ2) is 11.5. The number of aryl methyl sites for hydroxylation is 1. The topological polar surface area (TPSA) is 71.1 Å². The molecule has 2 aromatic rings. The SMILES string of the molecule is C=CC(=O)OCCOC1(OCCOC(=O)C=C)c2ccc(C)c(/C=C\C)c2-c2c1ccc1c2CCC=C1. The molecular formula is C31H32O6. The highest BCUT2D eigenvalue weighted by Gasteiger charge is 2.48. The molecule has 2 aromatic carbocycles. The number of carbonyl (C=O) groups is 2. The van der Waals surface area contributed by atoms with Crippen molar-refractivity contribution in [1.82, 2.24) is 0 Å². The lowest BCUT2D eigenvalue weighted by atomic mass is 9.86. The Morgan fingerprint density at radius 1 is 0.919 bits per heavy atom. The second-order valence-corrected chi connectivity index (χ2v) is 8.77. The number of esters is 2. The number of hydrogen-bond acceptors (Lipinski definition) is 6. The highest BCUT2D eigenvalue weighted by Crippen LogP contribution is 2.55. The minimum Gasteiger partial charge on any atom is -0.460 e. The van der Waals surface area contributed by atoms with Crippen molar-refractivity contribution in [1.29, 1.82) is 0 Å². The molecule has 192 valence electrons. The first-order valence-electron chi connectivity index (χ1n) is 12.4. The zero-order chi connectivity index (χ0) is 26.4. The monoisotopic (exact) mass is 500 g/mol. The third kappa shape index (κ3) is 5.08. The highest BCUT2D eigenvalue weighted by molar-refractivity contribution is 5.91. The van der Waals surface area contributed by atoms with Gasteiger partial charge in [-0.2, -0.15) is 0 Å². The second-order valence-electron chi connectivity index (χ2n) is 8.77. The van der Waals surface area contributed by atoms with E-state index in [0.717, 1.165) is 58.4 Å². The van der Waals surface area contributed by atoms with Crippen LogP contribution in [0.15, 0.2) is 61.7 Å². The maximum atomic E-state index is 11.6. The van der Waals surface area contributed by atoms with Crippen molar-refractivity contribution >= 4 is 24.1 Å². The van der Waals surface area contributed by atoms with Crippen molar-refractivity contribution in [2.24, 2.45) is 0 Å². The average molecular weight is 501 g/mol. The van der Waals surface area contributed by atoms with E-state index in [2.05, 4.69) is 50.4 Å². The lowest BCUT2D eigenvalue weighted by Crippen LogP contribution is -2.35. The van der Waals surface area contributed by atoms with Crippen molar-refractivity contribution in [3.63, 3.8) is 0 Å². The lowest BCUT2D eigenvalue weighted by molar-refractivity contribution is -0.225. The van der Waals surface area contributed by atoms with Crippen LogP contribution < -0.4 is 0 Å². The van der Waals surface area contributed by atoms with E-state index >= 15 is 0 Å². The molecule has 0 saturated carbocycles. The van der Waals surface area contributed by atoms with Crippen LogP contribution in [0.2, 0.25) is 0 Å². The van der Waals surface area contributed by atoms with Crippen molar-refractivity contribution in [3.05, 3.63) is 95.1 Å². The number of ether oxygens (including phenoxy) is 4. The van der Waals surface area contributed by atoms with Gasteiger partial charge in [-0.1, -0.05) is 61.7 Å². The van der Waals surface area contributed by atoms with Gasteiger partial charge in [0.2, 0.25) is 5.79 Å². The normalized spacial score (nSPS) is 14.5. The molecule has 0 amide bonds. The summed E-state index contributed by atoms with van der Waals surface area (Å²) in [5, 5.41) is 0. The summed E-state index contributed by atoms with van der Waals surface area (Å²) in [4.78, 5) is 23.2. The Kier molecular flexibility index (Phi) is 8.21. The quantitative estimate of drug-likeness (QED) is 0.172. The molecule has 37 heavy (non-hydrogen) atoms. The van der Waals surface area contributed by atoms with Crippen molar-refractivity contribution < 1.29 is 28.5 Å². The van der Waals surface area contributed by atoms with Gasteiger partial charge in [0.05, 0.1) is 13.2 Å². The molecule has 0 aromatic heterocycles. The molecule has 4 rings (SSSR count). The van der Waals surface area contributed by atoms with Gasteiger partial charge in [-0.25, -0.2) is 9.59 Å². The number of benzene rings is 2. The van der Waals surface area contributed by atoms with Gasteiger partial charge >= 0.3 is 11.9 Å². The van der Waals surface area contributed by atoms with E-state index in [-0.39, 0.29) is 26.4 Å². The molecule has 2 aliphatic rings. The summed E-state index contributed by atoms with van der Waals surface area (Å²) < 4.78 is 23.4. The molecule has 2 aliphatic carbocycles. The molecule has 0 aliphatic heterocycles. The van der Waals surface area contributed by atoms with Crippen LogP contribution in [-0.2, 0) is 40.7 Å². The summed E-state index contributed by atoms with van der Waals surface area (Å²) in [5.74, 6) is -2.31. The molecule has 0 radical (unpaired) electrons. The summed E-state index contributed by atoms with van der Waals surface area (Å²) in [6, 6.07) is 8.23. The molecule has 6 nitrogen and oxygen atoms in total. The first-order valence-corrected chi connectivity index (χ1v) is 12.4. The van der Waals surface area contributed by atoms with Gasteiger partial charge in [0.1, 0.15) is 13.2 Å². The third-order valence-electron chi connectivity index (χ3n) is 6.56. The van der Waals surface area contributed by atoms with Crippen LogP contribution in [-0.4, -0.2) is 38.4 Å². The van der Waals surface area contributed by atoms with Crippen LogP contribution in [0.5, 0.6) is 0 Å². The van der Waals surface area contributed by atoms with E-state index in [1.165, 1.54) is 11.1 Å². The van der Waals surface area contributed by atoms with E-state index in [4.69, 9.17) is 18.9 Å². The Bertz CT molecular complexity index is 1260. The maximum Gasteiger partial charge on any atom is 0.330 e. The van der Waals surface area contributed by atoms with Crippen LogP contribution in [0.3, 0.4) is 0 Å². The third-order valence-corrected chi connectivity index (χ3v) is 6.56. The van der Waals surface area contributed by atoms with Crippen LogP contribution >= 0.6 is 0 Å². The summed E-state index contributed by atoms with van der Waals surface area (Å²) >= 11 is 0. The minimum absolute atomic E-state index is 0.0351. The fourth-order valence-electron chi connectivity index (χ4n) is 5.01. The molecule has 0 unspecified atom stereocenters. The minimum atomic E-state index is -1.27. The Hall–Kier alpha value is -3.74. The highest BCUT2D eigenvalue weighted by atomic mass is 16.7. The Morgan fingerprint density at radius 3 is 2.16 bits per heavy atom. The van der Waals surface area contributed by atoms with Crippen LogP contribution in [0.4, 0.5) is 0 Å². The predicted octanol–water partition coefficient (Wildman–Crippen LogP) is 5.66. The summed E-state index contributed by atoms with van der Waals surface area (Å²) in [6.45, 7) is 11.2. The lowest BCUT2D eigenvalue weighted by Gasteiger charge is -2.32. The predicted molar refractivity (Wildman–Crippen MR) is 144 cm³/mol. The molecule has 0 saturated heterocycles. The number of fused-ring (bicyclic) bond motifs is 5. The standard InChI is InChI=1S/C31H32O6/c1-5-10-23-21(4)13-15-25-29(23)30-24-12-9-8-11-22(24)14-16-26(30)31(25,36-19-17-34-27(32)6-2)37-20-18-35-28(33)7-3/h5-8,10-11,13-16H,2-3,9,12,17-20H2,1,4H3/b10-5-. The van der Waals surface area contributed by atoms with Crippen LogP contribution in [0.25, 0.3) is 23.3 Å². The largest absolute Gasteiger partial charge is 0.460 e. The van der Waals surface area contributed by atoms with Crippen LogP contribution in [0.1, 0.15) is 46.7 Å². The number of allylic oxidation sites excluding steroid dienone is 2. The van der Waals surface area contributed by atoms with Gasteiger partial charge < -0.3 is 18.9 Å². The molecule has 0 spiro atoms. The van der Waals surface area contributed by atoms with E-state index in [9.17, 15) is 9.59 Å². The average Bonchev–Trinajstić information content (AvgIpc) is 3.20. The summed E-state index contributed by atoms with van der Waals surface area (Å²) in [5.41, 5.74) is 8.62. The van der Waals surface area contributed by atoms with Gasteiger partial charge in [0.15, 0.2) is 0 Å². The number of carbonyl (C=O) groups excluding carboxylic acids is 2. The smallest absolute Gasteiger partial charge is 0.330 e. The van der Waals surface area contributed by atoms with Gasteiger partial charge in [-0.05, 0) is 60.1 Å². The fourth-order valence-corrected chi connectivity index (χ4v) is 5.01. The Balaban J connectivity index is 1.85. The number of hydrogen-bond donors (Lipinski definition) is 0. The molecule has 0 bridgehead atoms. The first kappa shape index (κ1) is 26.3. The van der Waals surface area contributed by atoms with Gasteiger partial charge in [0.25, 0.3) is 0 Å². The molecule has 0 N–H and O–H groups in total. The van der Waals surface area contributed by atoms with E-state index < -0.39 is 17.7 Å². The first-order chi connectivity index (χ1) is 18.0. The van der Waals surface area contributed by atoms with Crippen molar-refractivity contribution in [2.75, 3.05) is 26.4 Å². The molecule has 6 heteroatoms. The van der Waals surface area contributed by atoms with E-state index in [0.29, 0.717) is 0 Å². The van der Waals surface area contributed by atoms with Gasteiger partial charge in [0, 0.05) is 23.3 Å². The van der Waals surface area contributed by atoms with Crippen LogP contribution in [0, 0.1) is 6.92 Å². The molecule has 0 fully saturated rings. The van der Waals surface area contributed by atoms with Gasteiger partial charge in [-0.15, -0.1) is 0 Å². The van der Waals surface area contributed by atoms with E-state index in [1.54, 1.807) is 0 Å². The molecular weight excluding hydrogens is 468 g/mol. The number of rotatable bonds is 11. The Labute approximate surface area is 217 Å². The van der Waals surface area contributed by atoms with E-state index in [1.807, 2.05) is 25.1 Å². The summed E-state index contributed by atoms with van der Waals surface area (Å²) in [6.07, 6.45) is 12.6. The zero-order valence-electron chi connectivity index (χ0n) is 21.4. The summed E-state index contributed by atoms with van der Waals surface area (Å²) in [7, 11) is 0. The van der Waals surface area contributed by atoms with Crippen molar-refractivity contribution in [3.8, 4) is 11.1 Å².